The smallest absolute Gasteiger partial charge is 0.313 e. The molecular formula is C23H23NO2. The Morgan fingerprint density at radius 3 is 1.73 bits per heavy atom. The maximum absolute atomic E-state index is 12.4. The van der Waals surface area contributed by atoms with Gasteiger partial charge in [0.2, 0.25) is 0 Å². The highest BCUT2D eigenvalue weighted by molar-refractivity contribution is 5.78. The highest BCUT2D eigenvalue weighted by atomic mass is 16.5. The summed E-state index contributed by atoms with van der Waals surface area (Å²) in [5, 5.41) is 0. The number of rotatable bonds is 7. The van der Waals surface area contributed by atoms with E-state index in [2.05, 4.69) is 29.2 Å². The molecule has 132 valence electrons. The minimum atomic E-state index is -0.281. The zero-order chi connectivity index (χ0) is 18.2. The zero-order valence-electron chi connectivity index (χ0n) is 14.9. The molecule has 0 saturated carbocycles. The third-order valence-corrected chi connectivity index (χ3v) is 4.46. The quantitative estimate of drug-likeness (QED) is 0.553. The van der Waals surface area contributed by atoms with Gasteiger partial charge in [0.1, 0.15) is 0 Å². The van der Waals surface area contributed by atoms with Gasteiger partial charge in [0.05, 0.1) is 13.0 Å². The van der Waals surface area contributed by atoms with Gasteiger partial charge in [-0.2, -0.15) is 0 Å². The van der Waals surface area contributed by atoms with E-state index in [9.17, 15) is 4.79 Å². The van der Waals surface area contributed by atoms with Crippen molar-refractivity contribution in [2.45, 2.75) is 12.3 Å². The summed E-state index contributed by atoms with van der Waals surface area (Å²) in [5.74, 6) is -0.478. The largest absolute Gasteiger partial charge is 0.469 e. The minimum absolute atomic E-state index is 0.197. The summed E-state index contributed by atoms with van der Waals surface area (Å²) < 4.78 is 5.05. The molecule has 0 heterocycles. The number of carbonyl (C=O) groups is 1. The van der Waals surface area contributed by atoms with E-state index in [1.807, 2.05) is 66.7 Å². The normalized spacial score (nSPS) is 11.6. The predicted octanol–water partition coefficient (Wildman–Crippen LogP) is 5.17. The summed E-state index contributed by atoms with van der Waals surface area (Å²) in [6.07, 6.45) is 0.667. The second kappa shape index (κ2) is 8.86. The number of methoxy groups -OCH3 is 1. The Bertz CT molecular complexity index is 764. The van der Waals surface area contributed by atoms with Crippen molar-refractivity contribution in [1.82, 2.24) is 0 Å². The molecular weight excluding hydrogens is 322 g/mol. The van der Waals surface area contributed by atoms with E-state index in [0.29, 0.717) is 13.0 Å². The molecule has 0 saturated heterocycles. The molecule has 3 aromatic rings. The van der Waals surface area contributed by atoms with Crippen molar-refractivity contribution in [3.05, 3.63) is 96.6 Å². The minimum Gasteiger partial charge on any atom is -0.469 e. The van der Waals surface area contributed by atoms with Gasteiger partial charge in [0.15, 0.2) is 0 Å². The zero-order valence-corrected chi connectivity index (χ0v) is 14.9. The molecule has 3 nitrogen and oxygen atoms in total. The molecule has 0 aliphatic heterocycles. The number of anilines is 2. The van der Waals surface area contributed by atoms with Crippen LogP contribution in [0.15, 0.2) is 91.0 Å². The van der Waals surface area contributed by atoms with Gasteiger partial charge in [-0.05, 0) is 36.2 Å². The Morgan fingerprint density at radius 2 is 1.27 bits per heavy atom. The lowest BCUT2D eigenvalue weighted by Crippen LogP contribution is -2.24. The monoisotopic (exact) mass is 345 g/mol. The van der Waals surface area contributed by atoms with Crippen LogP contribution in [-0.4, -0.2) is 19.6 Å². The summed E-state index contributed by atoms with van der Waals surface area (Å²) in [7, 11) is 1.45. The predicted molar refractivity (Wildman–Crippen MR) is 106 cm³/mol. The standard InChI is InChI=1S/C23H23NO2/c1-26-23(25)22(19-11-5-2-6-12-19)17-18-24(20-13-7-3-8-14-20)21-15-9-4-10-16-21/h2-16,22H,17-18H2,1H3. The van der Waals surface area contributed by atoms with Crippen molar-refractivity contribution in [2.24, 2.45) is 0 Å². The van der Waals surface area contributed by atoms with Gasteiger partial charge in [0, 0.05) is 17.9 Å². The van der Waals surface area contributed by atoms with Crippen LogP contribution < -0.4 is 4.90 Å². The molecule has 0 N–H and O–H groups in total. The van der Waals surface area contributed by atoms with E-state index >= 15 is 0 Å². The van der Waals surface area contributed by atoms with E-state index in [4.69, 9.17) is 4.74 Å². The fourth-order valence-corrected chi connectivity index (χ4v) is 3.13. The highest BCUT2D eigenvalue weighted by Crippen LogP contribution is 2.28. The first-order valence-electron chi connectivity index (χ1n) is 8.80. The lowest BCUT2D eigenvalue weighted by molar-refractivity contribution is -0.142. The van der Waals surface area contributed by atoms with Crippen LogP contribution in [0.25, 0.3) is 0 Å². The summed E-state index contributed by atoms with van der Waals surface area (Å²) in [6.45, 7) is 0.711. The molecule has 3 aromatic carbocycles. The molecule has 0 aliphatic rings. The van der Waals surface area contributed by atoms with E-state index < -0.39 is 0 Å². The first-order valence-corrected chi connectivity index (χ1v) is 8.80. The maximum atomic E-state index is 12.4. The Kier molecular flexibility index (Phi) is 6.05. The highest BCUT2D eigenvalue weighted by Gasteiger charge is 2.22. The molecule has 3 rings (SSSR count). The first-order chi connectivity index (χ1) is 12.8. The van der Waals surface area contributed by atoms with Crippen LogP contribution in [-0.2, 0) is 9.53 Å². The SMILES string of the molecule is COC(=O)C(CCN(c1ccccc1)c1ccccc1)c1ccccc1. The van der Waals surface area contributed by atoms with Crippen molar-refractivity contribution in [1.29, 1.82) is 0 Å². The van der Waals surface area contributed by atoms with Crippen molar-refractivity contribution < 1.29 is 9.53 Å². The van der Waals surface area contributed by atoms with E-state index in [1.54, 1.807) is 0 Å². The molecule has 0 amide bonds. The number of hydrogen-bond donors (Lipinski definition) is 0. The van der Waals surface area contributed by atoms with E-state index in [0.717, 1.165) is 16.9 Å². The molecule has 0 spiro atoms. The lowest BCUT2D eigenvalue weighted by atomic mass is 9.95. The number of carbonyl (C=O) groups excluding carboxylic acids is 1. The molecule has 0 aliphatic carbocycles. The van der Waals surface area contributed by atoms with Crippen LogP contribution in [0.2, 0.25) is 0 Å². The lowest BCUT2D eigenvalue weighted by Gasteiger charge is -2.27. The second-order valence-electron chi connectivity index (χ2n) is 6.10. The second-order valence-corrected chi connectivity index (χ2v) is 6.10. The van der Waals surface area contributed by atoms with Gasteiger partial charge in [-0.3, -0.25) is 4.79 Å². The Balaban J connectivity index is 1.85. The number of nitrogens with zero attached hydrogens (tertiary/aromatic N) is 1. The topological polar surface area (TPSA) is 29.5 Å². The van der Waals surface area contributed by atoms with Crippen LogP contribution in [0, 0.1) is 0 Å². The van der Waals surface area contributed by atoms with Crippen molar-refractivity contribution in [3.8, 4) is 0 Å². The molecule has 1 atom stereocenters. The fraction of sp³-hybridized carbons (Fsp3) is 0.174. The number of benzene rings is 3. The fourth-order valence-electron chi connectivity index (χ4n) is 3.13. The number of hydrogen-bond acceptors (Lipinski definition) is 3. The van der Waals surface area contributed by atoms with Crippen LogP contribution in [0.4, 0.5) is 11.4 Å². The molecule has 0 fully saturated rings. The molecule has 26 heavy (non-hydrogen) atoms. The number of esters is 1. The van der Waals surface area contributed by atoms with Gasteiger partial charge in [-0.25, -0.2) is 0 Å². The van der Waals surface area contributed by atoms with Crippen LogP contribution in [0.1, 0.15) is 17.9 Å². The van der Waals surface area contributed by atoms with Crippen molar-refractivity contribution in [2.75, 3.05) is 18.6 Å². The Hall–Kier alpha value is -3.07. The summed E-state index contributed by atoms with van der Waals surface area (Å²) >= 11 is 0. The van der Waals surface area contributed by atoms with Crippen molar-refractivity contribution in [3.63, 3.8) is 0 Å². The third kappa shape index (κ3) is 4.31. The van der Waals surface area contributed by atoms with Crippen LogP contribution in [0.5, 0.6) is 0 Å². The number of para-hydroxylation sites is 2. The summed E-state index contributed by atoms with van der Waals surface area (Å²) in [4.78, 5) is 14.6. The van der Waals surface area contributed by atoms with Gasteiger partial charge < -0.3 is 9.64 Å². The van der Waals surface area contributed by atoms with Gasteiger partial charge in [0.25, 0.3) is 0 Å². The van der Waals surface area contributed by atoms with Gasteiger partial charge >= 0.3 is 5.97 Å². The Labute approximate surface area is 154 Å². The first kappa shape index (κ1) is 17.7. The van der Waals surface area contributed by atoms with E-state index in [1.165, 1.54) is 7.11 Å². The average Bonchev–Trinajstić information content (AvgIpc) is 2.73. The van der Waals surface area contributed by atoms with Crippen molar-refractivity contribution >= 4 is 17.3 Å². The third-order valence-electron chi connectivity index (χ3n) is 4.46. The van der Waals surface area contributed by atoms with Gasteiger partial charge in [-0.15, -0.1) is 0 Å². The van der Waals surface area contributed by atoms with E-state index in [-0.39, 0.29) is 11.9 Å². The van der Waals surface area contributed by atoms with Crippen LogP contribution in [0.3, 0.4) is 0 Å². The van der Waals surface area contributed by atoms with Gasteiger partial charge in [-0.1, -0.05) is 66.7 Å². The number of ether oxygens (including phenoxy) is 1. The molecule has 0 bridgehead atoms. The molecule has 0 aromatic heterocycles. The van der Waals surface area contributed by atoms with Crippen LogP contribution >= 0.6 is 0 Å². The summed E-state index contributed by atoms with van der Waals surface area (Å²) in [6, 6.07) is 30.3. The Morgan fingerprint density at radius 1 is 0.808 bits per heavy atom. The maximum Gasteiger partial charge on any atom is 0.313 e. The molecule has 3 heteroatoms. The average molecular weight is 345 g/mol. The summed E-state index contributed by atoms with van der Waals surface area (Å²) in [5.41, 5.74) is 3.20. The molecule has 1 unspecified atom stereocenters. The molecule has 0 radical (unpaired) electrons.